The van der Waals surface area contributed by atoms with Crippen molar-refractivity contribution in [3.63, 3.8) is 0 Å². The van der Waals surface area contributed by atoms with Crippen LogP contribution in [0.4, 0.5) is 4.79 Å². The fourth-order valence-corrected chi connectivity index (χ4v) is 2.88. The number of ether oxygens (including phenoxy) is 2. The summed E-state index contributed by atoms with van der Waals surface area (Å²) in [6.07, 6.45) is 1.72. The third-order valence-electron chi connectivity index (χ3n) is 4.13. The zero-order valence-corrected chi connectivity index (χ0v) is 13.5. The number of benzene rings is 1. The van der Waals surface area contributed by atoms with Gasteiger partial charge < -0.3 is 14.4 Å². The molecule has 122 valence electrons. The molecule has 0 bridgehead atoms. The Morgan fingerprint density at radius 2 is 1.95 bits per heavy atom. The van der Waals surface area contributed by atoms with Crippen LogP contribution in [0, 0.1) is 0 Å². The molecular weight excluding hydrogens is 280 g/mol. The van der Waals surface area contributed by atoms with Crippen LogP contribution in [0.5, 0.6) is 0 Å². The predicted octanol–water partition coefficient (Wildman–Crippen LogP) is 2.71. The fourth-order valence-electron chi connectivity index (χ4n) is 2.88. The molecule has 0 spiro atoms. The van der Waals surface area contributed by atoms with Gasteiger partial charge in [0.2, 0.25) is 0 Å². The van der Waals surface area contributed by atoms with Crippen molar-refractivity contribution in [3.8, 4) is 0 Å². The van der Waals surface area contributed by atoms with E-state index in [4.69, 9.17) is 9.47 Å². The third kappa shape index (κ3) is 4.71. The number of piperidine rings is 1. The summed E-state index contributed by atoms with van der Waals surface area (Å²) in [6, 6.07) is 10.5. The van der Waals surface area contributed by atoms with Crippen LogP contribution < -0.4 is 0 Å². The molecule has 1 amide bonds. The molecule has 22 heavy (non-hydrogen) atoms. The van der Waals surface area contributed by atoms with Crippen molar-refractivity contribution in [1.29, 1.82) is 0 Å². The van der Waals surface area contributed by atoms with Gasteiger partial charge in [-0.3, -0.25) is 4.90 Å². The number of carbonyl (C=O) groups is 1. The number of rotatable bonds is 6. The maximum Gasteiger partial charge on any atom is 0.409 e. The second kappa shape index (κ2) is 8.76. The Kier molecular flexibility index (Phi) is 6.68. The van der Waals surface area contributed by atoms with Gasteiger partial charge in [-0.15, -0.1) is 0 Å². The van der Waals surface area contributed by atoms with Crippen molar-refractivity contribution in [3.05, 3.63) is 35.9 Å². The van der Waals surface area contributed by atoms with Crippen molar-refractivity contribution < 1.29 is 14.3 Å². The fraction of sp³-hybridized carbons (Fsp3) is 0.588. The normalized spacial score (nSPS) is 16.5. The van der Waals surface area contributed by atoms with Crippen molar-refractivity contribution in [2.75, 3.05) is 33.5 Å². The lowest BCUT2D eigenvalue weighted by Gasteiger charge is -2.37. The highest BCUT2D eigenvalue weighted by atomic mass is 16.5. The van der Waals surface area contributed by atoms with Crippen LogP contribution in [0.3, 0.4) is 0 Å². The summed E-state index contributed by atoms with van der Waals surface area (Å²) in [6.45, 7) is 5.88. The van der Waals surface area contributed by atoms with Gasteiger partial charge in [0.1, 0.15) is 0 Å². The Hall–Kier alpha value is -1.59. The van der Waals surface area contributed by atoms with Crippen LogP contribution in [0.25, 0.3) is 0 Å². The van der Waals surface area contributed by atoms with E-state index in [1.807, 2.05) is 30.0 Å². The highest BCUT2D eigenvalue weighted by Gasteiger charge is 2.27. The van der Waals surface area contributed by atoms with E-state index >= 15 is 0 Å². The van der Waals surface area contributed by atoms with Crippen LogP contribution >= 0.6 is 0 Å². The lowest BCUT2D eigenvalue weighted by atomic mass is 10.0. The number of nitrogens with zero attached hydrogens (tertiary/aromatic N) is 2. The van der Waals surface area contributed by atoms with Gasteiger partial charge in [-0.25, -0.2) is 4.79 Å². The standard InChI is InChI=1S/C17H26N2O3/c1-3-19(17(20)21-2)16-9-11-18(12-10-16)14-22-13-15-7-5-4-6-8-15/h4-8,16H,3,9-14H2,1-2H3. The van der Waals surface area contributed by atoms with E-state index in [0.717, 1.165) is 25.9 Å². The summed E-state index contributed by atoms with van der Waals surface area (Å²) in [7, 11) is 1.44. The lowest BCUT2D eigenvalue weighted by molar-refractivity contribution is -0.00435. The molecule has 5 heteroatoms. The minimum Gasteiger partial charge on any atom is -0.453 e. The number of likely N-dealkylation sites (tertiary alicyclic amines) is 1. The largest absolute Gasteiger partial charge is 0.453 e. The number of amides is 1. The molecule has 0 N–H and O–H groups in total. The van der Waals surface area contributed by atoms with Gasteiger partial charge in [-0.1, -0.05) is 30.3 Å². The highest BCUT2D eigenvalue weighted by molar-refractivity contribution is 5.67. The maximum atomic E-state index is 11.7. The number of methoxy groups -OCH3 is 1. The summed E-state index contributed by atoms with van der Waals surface area (Å²) in [5, 5.41) is 0. The second-order valence-corrected chi connectivity index (χ2v) is 5.57. The summed E-state index contributed by atoms with van der Waals surface area (Å²) in [5.74, 6) is 0. The van der Waals surface area contributed by atoms with Crippen LogP contribution in [0.2, 0.25) is 0 Å². The van der Waals surface area contributed by atoms with Crippen molar-refractivity contribution in [1.82, 2.24) is 9.80 Å². The van der Waals surface area contributed by atoms with Crippen molar-refractivity contribution in [2.24, 2.45) is 0 Å². The Bertz CT molecular complexity index is 444. The van der Waals surface area contributed by atoms with E-state index in [0.29, 0.717) is 19.9 Å². The molecule has 0 aliphatic carbocycles. The molecule has 1 saturated heterocycles. The summed E-state index contributed by atoms with van der Waals surface area (Å²) < 4.78 is 10.6. The molecule has 0 radical (unpaired) electrons. The van der Waals surface area contributed by atoms with Gasteiger partial charge in [0.05, 0.1) is 20.4 Å². The molecular formula is C17H26N2O3. The average Bonchev–Trinajstić information content (AvgIpc) is 2.57. The van der Waals surface area contributed by atoms with Gasteiger partial charge >= 0.3 is 6.09 Å². The van der Waals surface area contributed by atoms with Crippen LogP contribution in [0.15, 0.2) is 30.3 Å². The van der Waals surface area contributed by atoms with E-state index in [-0.39, 0.29) is 12.1 Å². The van der Waals surface area contributed by atoms with E-state index in [9.17, 15) is 4.79 Å². The number of hydrogen-bond donors (Lipinski definition) is 0. The van der Waals surface area contributed by atoms with E-state index in [1.165, 1.54) is 12.7 Å². The first-order chi connectivity index (χ1) is 10.7. The van der Waals surface area contributed by atoms with Gasteiger partial charge in [-0.05, 0) is 25.3 Å². The highest BCUT2D eigenvalue weighted by Crippen LogP contribution is 2.17. The molecule has 5 nitrogen and oxygen atoms in total. The SMILES string of the molecule is CCN(C(=O)OC)C1CCN(COCc2ccccc2)CC1. The zero-order valence-electron chi connectivity index (χ0n) is 13.5. The van der Waals surface area contributed by atoms with Crippen LogP contribution in [-0.2, 0) is 16.1 Å². The summed E-state index contributed by atoms with van der Waals surface area (Å²) in [4.78, 5) is 15.8. The minimum atomic E-state index is -0.221. The molecule has 0 aromatic heterocycles. The van der Waals surface area contributed by atoms with Gasteiger partial charge in [-0.2, -0.15) is 0 Å². The Morgan fingerprint density at radius 3 is 2.55 bits per heavy atom. The van der Waals surface area contributed by atoms with Gasteiger partial charge in [0.25, 0.3) is 0 Å². The molecule has 1 fully saturated rings. The first-order valence-corrected chi connectivity index (χ1v) is 7.93. The quantitative estimate of drug-likeness (QED) is 0.810. The van der Waals surface area contributed by atoms with Crippen LogP contribution in [-0.4, -0.2) is 55.4 Å². The van der Waals surface area contributed by atoms with E-state index in [1.54, 1.807) is 0 Å². The zero-order chi connectivity index (χ0) is 15.8. The van der Waals surface area contributed by atoms with Crippen molar-refractivity contribution in [2.45, 2.75) is 32.4 Å². The maximum absolute atomic E-state index is 11.7. The number of hydrogen-bond acceptors (Lipinski definition) is 4. The van der Waals surface area contributed by atoms with Gasteiger partial charge in [0.15, 0.2) is 0 Å². The third-order valence-corrected chi connectivity index (χ3v) is 4.13. The monoisotopic (exact) mass is 306 g/mol. The second-order valence-electron chi connectivity index (χ2n) is 5.57. The van der Waals surface area contributed by atoms with E-state index < -0.39 is 0 Å². The minimum absolute atomic E-state index is 0.221. The smallest absolute Gasteiger partial charge is 0.409 e. The topological polar surface area (TPSA) is 42.0 Å². The molecule has 0 unspecified atom stereocenters. The number of carbonyl (C=O) groups excluding carboxylic acids is 1. The molecule has 1 aliphatic rings. The first kappa shape index (κ1) is 16.8. The predicted molar refractivity (Wildman–Crippen MR) is 85.5 cm³/mol. The van der Waals surface area contributed by atoms with Crippen LogP contribution in [0.1, 0.15) is 25.3 Å². The molecule has 1 aromatic rings. The Labute approximate surface area is 132 Å². The molecule has 2 rings (SSSR count). The molecule has 0 saturated carbocycles. The molecule has 1 aromatic carbocycles. The van der Waals surface area contributed by atoms with Crippen molar-refractivity contribution >= 4 is 6.09 Å². The average molecular weight is 306 g/mol. The summed E-state index contributed by atoms with van der Waals surface area (Å²) in [5.41, 5.74) is 1.19. The summed E-state index contributed by atoms with van der Waals surface area (Å²) >= 11 is 0. The first-order valence-electron chi connectivity index (χ1n) is 7.93. The Balaban J connectivity index is 1.69. The Morgan fingerprint density at radius 1 is 1.27 bits per heavy atom. The molecule has 0 atom stereocenters. The lowest BCUT2D eigenvalue weighted by Crippen LogP contribution is -2.47. The molecule has 1 heterocycles. The van der Waals surface area contributed by atoms with E-state index in [2.05, 4.69) is 17.0 Å². The van der Waals surface area contributed by atoms with Gasteiger partial charge in [0, 0.05) is 25.7 Å². The molecule has 1 aliphatic heterocycles.